The summed E-state index contributed by atoms with van der Waals surface area (Å²) in [5, 5.41) is 4.43. The van der Waals surface area contributed by atoms with E-state index in [1.54, 1.807) is 0 Å². The van der Waals surface area contributed by atoms with Gasteiger partial charge in [-0.2, -0.15) is 0 Å². The molecule has 0 saturated carbocycles. The van der Waals surface area contributed by atoms with E-state index in [2.05, 4.69) is 82.9 Å². The van der Waals surface area contributed by atoms with Crippen LogP contribution in [0.4, 0.5) is 0 Å². The van der Waals surface area contributed by atoms with Crippen molar-refractivity contribution in [3.8, 4) is 5.69 Å². The van der Waals surface area contributed by atoms with E-state index < -0.39 is 0 Å². The Bertz CT molecular complexity index is 1170. The highest BCUT2D eigenvalue weighted by Gasteiger charge is 2.41. The van der Waals surface area contributed by atoms with Gasteiger partial charge in [0.15, 0.2) is 5.11 Å². The average Bonchev–Trinajstić information content (AvgIpc) is 3.39. The number of nitrogens with zero attached hydrogens (tertiary/aromatic N) is 4. The molecule has 2 aliphatic rings. The van der Waals surface area contributed by atoms with E-state index in [-0.39, 0.29) is 12.1 Å². The van der Waals surface area contributed by atoms with Gasteiger partial charge in [-0.25, -0.2) is 0 Å². The Hall–Kier alpha value is -2.74. The molecule has 0 bridgehead atoms. The molecule has 7 heteroatoms. The predicted molar refractivity (Wildman–Crippen MR) is 149 cm³/mol. The molecule has 2 fully saturated rings. The van der Waals surface area contributed by atoms with Crippen molar-refractivity contribution in [1.29, 1.82) is 0 Å². The summed E-state index contributed by atoms with van der Waals surface area (Å²) >= 11 is 5.92. The highest BCUT2D eigenvalue weighted by atomic mass is 32.1. The molecule has 0 spiro atoms. The lowest BCUT2D eigenvalue weighted by atomic mass is 9.96. The number of ether oxygens (including phenoxy) is 1. The number of aryl methyl sites for hydroxylation is 2. The molecule has 2 atom stereocenters. The molecule has 0 amide bonds. The van der Waals surface area contributed by atoms with Crippen LogP contribution in [0.2, 0.25) is 0 Å². The smallest absolute Gasteiger partial charge is 0.170 e. The van der Waals surface area contributed by atoms with Crippen molar-refractivity contribution in [3.63, 3.8) is 0 Å². The lowest BCUT2D eigenvalue weighted by Gasteiger charge is -2.30. The molecule has 0 unspecified atom stereocenters. The highest BCUT2D eigenvalue weighted by Crippen LogP contribution is 2.41. The summed E-state index contributed by atoms with van der Waals surface area (Å²) in [6.07, 6.45) is 3.98. The molecule has 5 rings (SSSR count). The van der Waals surface area contributed by atoms with Crippen molar-refractivity contribution in [2.45, 2.75) is 45.7 Å². The van der Waals surface area contributed by atoms with E-state index in [0.717, 1.165) is 63.0 Å². The van der Waals surface area contributed by atoms with Crippen LogP contribution in [0.5, 0.6) is 0 Å². The van der Waals surface area contributed by atoms with Crippen molar-refractivity contribution in [2.75, 3.05) is 39.4 Å². The third-order valence-electron chi connectivity index (χ3n) is 7.57. The Morgan fingerprint density at radius 3 is 2.53 bits per heavy atom. The Morgan fingerprint density at radius 2 is 1.83 bits per heavy atom. The SMILES string of the molecule is CCc1ccc(-n2c(C)cc([C@@H]3[C@H](c4ccccn4)NC(=S)N3CCCN3CCOCC3)c2C)cc1. The van der Waals surface area contributed by atoms with E-state index in [9.17, 15) is 0 Å². The van der Waals surface area contributed by atoms with Crippen molar-refractivity contribution in [1.82, 2.24) is 24.7 Å². The number of morpholine rings is 1. The van der Waals surface area contributed by atoms with E-state index in [1.807, 2.05) is 12.3 Å². The van der Waals surface area contributed by atoms with Crippen LogP contribution in [-0.2, 0) is 11.2 Å². The van der Waals surface area contributed by atoms with E-state index in [4.69, 9.17) is 21.9 Å². The second-order valence-corrected chi connectivity index (χ2v) is 10.2. The molecule has 2 aromatic heterocycles. The Balaban J connectivity index is 1.46. The van der Waals surface area contributed by atoms with Crippen molar-refractivity contribution in [3.05, 3.63) is 82.9 Å². The predicted octanol–water partition coefficient (Wildman–Crippen LogP) is 4.75. The third-order valence-corrected chi connectivity index (χ3v) is 7.92. The fraction of sp³-hybridized carbons (Fsp3) is 0.448. The largest absolute Gasteiger partial charge is 0.379 e. The molecule has 6 nitrogen and oxygen atoms in total. The fourth-order valence-electron chi connectivity index (χ4n) is 5.64. The van der Waals surface area contributed by atoms with Gasteiger partial charge in [-0.15, -0.1) is 0 Å². The second-order valence-electron chi connectivity index (χ2n) is 9.81. The highest BCUT2D eigenvalue weighted by molar-refractivity contribution is 7.80. The van der Waals surface area contributed by atoms with Gasteiger partial charge in [0.05, 0.1) is 31.0 Å². The van der Waals surface area contributed by atoms with Crippen molar-refractivity contribution in [2.24, 2.45) is 0 Å². The van der Waals surface area contributed by atoms with Crippen LogP contribution in [0, 0.1) is 13.8 Å². The Morgan fingerprint density at radius 1 is 1.06 bits per heavy atom. The first-order chi connectivity index (χ1) is 17.6. The molecule has 1 aromatic carbocycles. The van der Waals surface area contributed by atoms with Crippen molar-refractivity contribution < 1.29 is 4.74 Å². The Kier molecular flexibility index (Phi) is 7.70. The van der Waals surface area contributed by atoms with Gasteiger partial charge in [0.1, 0.15) is 0 Å². The standard InChI is InChI=1S/C29H37N5OS/c1-4-23-9-11-24(12-10-23)34-21(2)20-25(22(34)3)28-27(26-8-5-6-13-30-26)31-29(36)33(28)15-7-14-32-16-18-35-19-17-32/h5-6,8-13,20,27-28H,4,7,14-19H2,1-3H3,(H,31,36)/t27-,28+/m0/s1. The third kappa shape index (κ3) is 5.05. The number of aromatic nitrogens is 2. The number of rotatable bonds is 8. The van der Waals surface area contributed by atoms with E-state index >= 15 is 0 Å². The molecule has 2 saturated heterocycles. The topological polar surface area (TPSA) is 45.6 Å². The number of hydrogen-bond acceptors (Lipinski definition) is 4. The van der Waals surface area contributed by atoms with Crippen LogP contribution in [0.25, 0.3) is 5.69 Å². The zero-order valence-corrected chi connectivity index (χ0v) is 22.4. The maximum absolute atomic E-state index is 5.92. The summed E-state index contributed by atoms with van der Waals surface area (Å²) in [5.41, 5.74) is 7.38. The normalized spacial score (nSPS) is 20.6. The maximum Gasteiger partial charge on any atom is 0.170 e. The minimum atomic E-state index is 0.0125. The number of hydrogen-bond donors (Lipinski definition) is 1. The number of nitrogens with one attached hydrogen (secondary N) is 1. The molecule has 3 aromatic rings. The average molecular weight is 504 g/mol. The molecule has 36 heavy (non-hydrogen) atoms. The second kappa shape index (κ2) is 11.1. The summed E-state index contributed by atoms with van der Waals surface area (Å²) in [4.78, 5) is 9.60. The minimum Gasteiger partial charge on any atom is -0.379 e. The first-order valence-electron chi connectivity index (χ1n) is 13.1. The van der Waals surface area contributed by atoms with E-state index in [0.29, 0.717) is 0 Å². The summed E-state index contributed by atoms with van der Waals surface area (Å²) in [7, 11) is 0. The summed E-state index contributed by atoms with van der Waals surface area (Å²) in [5.74, 6) is 0. The van der Waals surface area contributed by atoms with Gasteiger partial charge in [0, 0.05) is 49.5 Å². The van der Waals surface area contributed by atoms with Crippen LogP contribution in [0.1, 0.15) is 53.6 Å². The van der Waals surface area contributed by atoms with Crippen LogP contribution < -0.4 is 5.32 Å². The van der Waals surface area contributed by atoms with Gasteiger partial charge in [-0.1, -0.05) is 25.1 Å². The zero-order valence-electron chi connectivity index (χ0n) is 21.6. The number of pyridine rings is 1. The van der Waals surface area contributed by atoms with Gasteiger partial charge in [-0.3, -0.25) is 9.88 Å². The molecular weight excluding hydrogens is 466 g/mol. The minimum absolute atomic E-state index is 0.0125. The Labute approximate surface area is 220 Å². The molecule has 4 heterocycles. The molecule has 0 aliphatic carbocycles. The summed E-state index contributed by atoms with van der Waals surface area (Å²) in [6, 6.07) is 17.5. The van der Waals surface area contributed by atoms with Gasteiger partial charge in [0.2, 0.25) is 0 Å². The molecule has 190 valence electrons. The summed E-state index contributed by atoms with van der Waals surface area (Å²) < 4.78 is 7.89. The lowest BCUT2D eigenvalue weighted by molar-refractivity contribution is 0.0365. The van der Waals surface area contributed by atoms with Crippen LogP contribution in [0.15, 0.2) is 54.7 Å². The number of thiocarbonyl (C=S) groups is 1. The first kappa shape index (κ1) is 24.9. The summed E-state index contributed by atoms with van der Waals surface area (Å²) in [6.45, 7) is 12.3. The number of benzene rings is 1. The molecule has 0 radical (unpaired) electrons. The van der Waals surface area contributed by atoms with Gasteiger partial charge >= 0.3 is 0 Å². The van der Waals surface area contributed by atoms with Crippen LogP contribution in [0.3, 0.4) is 0 Å². The van der Waals surface area contributed by atoms with Gasteiger partial charge < -0.3 is 19.5 Å². The van der Waals surface area contributed by atoms with Crippen LogP contribution in [-0.4, -0.2) is 63.9 Å². The first-order valence-corrected chi connectivity index (χ1v) is 13.5. The maximum atomic E-state index is 5.92. The van der Waals surface area contributed by atoms with Gasteiger partial charge in [-0.05, 0) is 80.4 Å². The quantitative estimate of drug-likeness (QED) is 0.448. The zero-order chi connectivity index (χ0) is 25.1. The van der Waals surface area contributed by atoms with Crippen LogP contribution >= 0.6 is 12.2 Å². The van der Waals surface area contributed by atoms with Crippen molar-refractivity contribution >= 4 is 17.3 Å². The molecular formula is C29H37N5OS. The lowest BCUT2D eigenvalue weighted by Crippen LogP contribution is -2.39. The van der Waals surface area contributed by atoms with E-state index in [1.165, 1.54) is 28.2 Å². The molecule has 1 N–H and O–H groups in total. The van der Waals surface area contributed by atoms with Gasteiger partial charge in [0.25, 0.3) is 0 Å². The fourth-order valence-corrected chi connectivity index (χ4v) is 5.97. The molecule has 2 aliphatic heterocycles. The monoisotopic (exact) mass is 503 g/mol.